The minimum atomic E-state index is -0.239. The number of ether oxygens (including phenoxy) is 1. The molecule has 0 unspecified atom stereocenters. The second-order valence-electron chi connectivity index (χ2n) is 3.81. The Morgan fingerprint density at radius 2 is 2.05 bits per heavy atom. The normalized spacial score (nSPS) is 10.1. The molecular weight excluding hydrogens is 377 g/mol. The van der Waals surface area contributed by atoms with Crippen molar-refractivity contribution in [2.75, 3.05) is 12.4 Å². The number of anilines is 1. The van der Waals surface area contributed by atoms with Crippen molar-refractivity contribution in [2.45, 2.75) is 0 Å². The van der Waals surface area contributed by atoms with Crippen molar-refractivity contribution in [3.05, 3.63) is 56.6 Å². The summed E-state index contributed by atoms with van der Waals surface area (Å²) < 4.78 is 6.06. The van der Waals surface area contributed by atoms with E-state index >= 15 is 0 Å². The van der Waals surface area contributed by atoms with Gasteiger partial charge >= 0.3 is 0 Å². The third-order valence-electron chi connectivity index (χ3n) is 2.50. The van der Waals surface area contributed by atoms with Gasteiger partial charge in [0, 0.05) is 15.3 Å². The lowest BCUT2D eigenvalue weighted by molar-refractivity contribution is 0.102. The van der Waals surface area contributed by atoms with E-state index < -0.39 is 0 Å². The van der Waals surface area contributed by atoms with Crippen LogP contribution in [0.3, 0.4) is 0 Å². The van der Waals surface area contributed by atoms with Gasteiger partial charge in [0.25, 0.3) is 5.91 Å². The Labute approximate surface area is 130 Å². The fourth-order valence-electron chi connectivity index (χ4n) is 1.57. The van der Waals surface area contributed by atoms with Gasteiger partial charge < -0.3 is 10.1 Å². The molecule has 0 radical (unpaired) electrons. The van der Waals surface area contributed by atoms with Gasteiger partial charge in [0.15, 0.2) is 0 Å². The zero-order valence-electron chi connectivity index (χ0n) is 10.1. The number of methoxy groups -OCH3 is 1. The van der Waals surface area contributed by atoms with E-state index in [0.717, 1.165) is 3.57 Å². The average Bonchev–Trinajstić information content (AvgIpc) is 2.41. The summed E-state index contributed by atoms with van der Waals surface area (Å²) in [7, 11) is 1.58. The van der Waals surface area contributed by atoms with E-state index in [0.29, 0.717) is 22.0 Å². The summed E-state index contributed by atoms with van der Waals surface area (Å²) in [5.74, 6) is 0.448. The molecule has 0 fully saturated rings. The van der Waals surface area contributed by atoms with Crippen LogP contribution in [0.4, 0.5) is 5.69 Å². The quantitative estimate of drug-likeness (QED) is 0.802. The highest BCUT2D eigenvalue weighted by Crippen LogP contribution is 2.22. The minimum Gasteiger partial charge on any atom is -0.497 e. The maximum Gasteiger partial charge on any atom is 0.257 e. The first kappa shape index (κ1) is 14.1. The molecule has 0 aromatic heterocycles. The third kappa shape index (κ3) is 3.61. The van der Waals surface area contributed by atoms with Crippen molar-refractivity contribution in [3.8, 4) is 5.75 Å². The molecule has 5 heteroatoms. The van der Waals surface area contributed by atoms with E-state index in [4.69, 9.17) is 16.3 Å². The Bertz CT molecular complexity index is 616. The molecule has 0 spiro atoms. The van der Waals surface area contributed by atoms with Crippen LogP contribution in [0, 0.1) is 3.57 Å². The van der Waals surface area contributed by atoms with Crippen LogP contribution in [-0.2, 0) is 0 Å². The number of carbonyl (C=O) groups excluding carboxylic acids is 1. The molecule has 3 nitrogen and oxygen atoms in total. The smallest absolute Gasteiger partial charge is 0.257 e. The minimum absolute atomic E-state index is 0.239. The van der Waals surface area contributed by atoms with Crippen LogP contribution in [0.25, 0.3) is 0 Å². The number of benzene rings is 2. The fraction of sp³-hybridized carbons (Fsp3) is 0.0714. The van der Waals surface area contributed by atoms with Gasteiger partial charge in [-0.25, -0.2) is 0 Å². The highest BCUT2D eigenvalue weighted by atomic mass is 127. The van der Waals surface area contributed by atoms with Crippen LogP contribution >= 0.6 is 34.2 Å². The molecule has 1 N–H and O–H groups in total. The Morgan fingerprint density at radius 3 is 2.79 bits per heavy atom. The molecule has 0 saturated heterocycles. The van der Waals surface area contributed by atoms with Crippen LogP contribution in [-0.4, -0.2) is 13.0 Å². The van der Waals surface area contributed by atoms with E-state index in [-0.39, 0.29) is 5.91 Å². The van der Waals surface area contributed by atoms with E-state index in [2.05, 4.69) is 27.9 Å². The Balaban J connectivity index is 2.23. The number of nitrogens with one attached hydrogen (secondary N) is 1. The number of rotatable bonds is 3. The van der Waals surface area contributed by atoms with Gasteiger partial charge in [-0.15, -0.1) is 0 Å². The van der Waals surface area contributed by atoms with E-state index in [1.165, 1.54) is 0 Å². The molecule has 98 valence electrons. The molecule has 1 amide bonds. The number of hydrogen-bond donors (Lipinski definition) is 1. The summed E-state index contributed by atoms with van der Waals surface area (Å²) in [5.41, 5.74) is 1.12. The van der Waals surface area contributed by atoms with Crippen LogP contribution in [0.2, 0.25) is 5.02 Å². The predicted octanol–water partition coefficient (Wildman–Crippen LogP) is 4.21. The Hall–Kier alpha value is -1.27. The maximum absolute atomic E-state index is 12.1. The summed E-state index contributed by atoms with van der Waals surface area (Å²) in [6.07, 6.45) is 0. The highest BCUT2D eigenvalue weighted by Gasteiger charge is 2.11. The molecule has 2 aromatic carbocycles. The number of halogens is 2. The van der Waals surface area contributed by atoms with Crippen LogP contribution in [0.1, 0.15) is 10.4 Å². The van der Waals surface area contributed by atoms with Gasteiger partial charge in [0.2, 0.25) is 0 Å². The summed E-state index contributed by atoms with van der Waals surface area (Å²) in [4.78, 5) is 12.1. The van der Waals surface area contributed by atoms with Crippen molar-refractivity contribution in [1.29, 1.82) is 0 Å². The molecule has 2 rings (SSSR count). The van der Waals surface area contributed by atoms with Gasteiger partial charge in [0.1, 0.15) is 5.75 Å². The number of amides is 1. The largest absolute Gasteiger partial charge is 0.497 e. The zero-order chi connectivity index (χ0) is 13.8. The summed E-state index contributed by atoms with van der Waals surface area (Å²) in [6.45, 7) is 0. The lowest BCUT2D eigenvalue weighted by atomic mass is 10.2. The van der Waals surface area contributed by atoms with Crippen molar-refractivity contribution in [3.63, 3.8) is 0 Å². The van der Waals surface area contributed by atoms with E-state index in [9.17, 15) is 4.79 Å². The van der Waals surface area contributed by atoms with Crippen LogP contribution in [0.15, 0.2) is 42.5 Å². The second kappa shape index (κ2) is 6.25. The van der Waals surface area contributed by atoms with Crippen molar-refractivity contribution in [2.24, 2.45) is 0 Å². The SMILES string of the molecule is COc1cccc(NC(=O)c2cc(I)ccc2Cl)c1. The van der Waals surface area contributed by atoms with Crippen molar-refractivity contribution < 1.29 is 9.53 Å². The number of hydrogen-bond acceptors (Lipinski definition) is 2. The lowest BCUT2D eigenvalue weighted by Gasteiger charge is -2.08. The molecule has 0 aliphatic carbocycles. The predicted molar refractivity (Wildman–Crippen MR) is 85.1 cm³/mol. The van der Waals surface area contributed by atoms with Crippen LogP contribution in [0.5, 0.6) is 5.75 Å². The first-order chi connectivity index (χ1) is 9.10. The molecule has 0 bridgehead atoms. The van der Waals surface area contributed by atoms with Crippen molar-refractivity contribution in [1.82, 2.24) is 0 Å². The van der Waals surface area contributed by atoms with Crippen molar-refractivity contribution >= 4 is 45.8 Å². The first-order valence-electron chi connectivity index (χ1n) is 5.50. The first-order valence-corrected chi connectivity index (χ1v) is 6.96. The molecule has 0 aliphatic heterocycles. The van der Waals surface area contributed by atoms with Gasteiger partial charge in [-0.2, -0.15) is 0 Å². The second-order valence-corrected chi connectivity index (χ2v) is 5.46. The molecule has 19 heavy (non-hydrogen) atoms. The fourth-order valence-corrected chi connectivity index (χ4v) is 2.27. The monoisotopic (exact) mass is 387 g/mol. The molecular formula is C14H11ClINO2. The standard InChI is InChI=1S/C14H11ClINO2/c1-19-11-4-2-3-10(8-11)17-14(18)12-7-9(16)5-6-13(12)15/h2-8H,1H3,(H,17,18). The van der Waals surface area contributed by atoms with Gasteiger partial charge in [-0.3, -0.25) is 4.79 Å². The Morgan fingerprint density at radius 1 is 1.26 bits per heavy atom. The lowest BCUT2D eigenvalue weighted by Crippen LogP contribution is -2.12. The van der Waals surface area contributed by atoms with Crippen LogP contribution < -0.4 is 10.1 Å². The molecule has 0 aliphatic rings. The summed E-state index contributed by atoms with van der Waals surface area (Å²) in [6, 6.07) is 12.5. The average molecular weight is 388 g/mol. The van der Waals surface area contributed by atoms with E-state index in [1.54, 1.807) is 31.4 Å². The maximum atomic E-state index is 12.1. The highest BCUT2D eigenvalue weighted by molar-refractivity contribution is 14.1. The number of carbonyl (C=O) groups is 1. The topological polar surface area (TPSA) is 38.3 Å². The van der Waals surface area contributed by atoms with Gasteiger partial charge in [-0.1, -0.05) is 17.7 Å². The van der Waals surface area contributed by atoms with Gasteiger partial charge in [-0.05, 0) is 52.9 Å². The van der Waals surface area contributed by atoms with Gasteiger partial charge in [0.05, 0.1) is 17.7 Å². The molecule has 0 heterocycles. The molecule has 2 aromatic rings. The zero-order valence-corrected chi connectivity index (χ0v) is 13.0. The molecule has 0 saturated carbocycles. The third-order valence-corrected chi connectivity index (χ3v) is 3.50. The van der Waals surface area contributed by atoms with E-state index in [1.807, 2.05) is 18.2 Å². The summed E-state index contributed by atoms with van der Waals surface area (Å²) in [5, 5.41) is 3.23. The summed E-state index contributed by atoms with van der Waals surface area (Å²) >= 11 is 8.17. The molecule has 0 atom stereocenters. The Kier molecular flexibility index (Phi) is 4.66.